The number of carbonyl (C=O) groups excluding carboxylic acids is 3. The predicted molar refractivity (Wildman–Crippen MR) is 278 cm³/mol. The number of anilines is 2. The van der Waals surface area contributed by atoms with Crippen molar-refractivity contribution in [1.82, 2.24) is 20.0 Å². The lowest BCUT2D eigenvalue weighted by Crippen LogP contribution is -2.64. The Labute approximate surface area is 435 Å². The normalized spacial score (nSPS) is 20.0. The molecule has 0 spiro atoms. The van der Waals surface area contributed by atoms with Gasteiger partial charge in [0, 0.05) is 73.5 Å². The van der Waals surface area contributed by atoms with Gasteiger partial charge in [-0.25, -0.2) is 23.2 Å². The fraction of sp³-hybridized carbons (Fsp3) is 0.407. The molecule has 0 radical (unpaired) electrons. The Balaban J connectivity index is 0.000000197. The number of carboxylic acids is 1. The Bertz CT molecular complexity index is 2560. The van der Waals surface area contributed by atoms with E-state index in [1.54, 1.807) is 90.1 Å². The van der Waals surface area contributed by atoms with Gasteiger partial charge in [0.1, 0.15) is 22.8 Å². The maximum absolute atomic E-state index is 13.3. The minimum absolute atomic E-state index is 0.0554. The van der Waals surface area contributed by atoms with Crippen LogP contribution in [0.5, 0.6) is 0 Å². The van der Waals surface area contributed by atoms with E-state index in [9.17, 15) is 28.0 Å². The van der Waals surface area contributed by atoms with Gasteiger partial charge in [-0.1, -0.05) is 59.6 Å². The third kappa shape index (κ3) is 18.2. The Kier molecular flexibility index (Phi) is 20.0. The highest BCUT2D eigenvalue weighted by Gasteiger charge is 2.39. The van der Waals surface area contributed by atoms with Crippen LogP contribution in [0, 0.1) is 11.6 Å². The Morgan fingerprint density at radius 3 is 1.45 bits per heavy atom. The van der Waals surface area contributed by atoms with Crippen LogP contribution in [0.2, 0.25) is 10.0 Å². The molecule has 8 rings (SSSR count). The summed E-state index contributed by atoms with van der Waals surface area (Å²) >= 11 is 12.0. The number of nitrogens with zero attached hydrogens (tertiary/aromatic N) is 3. The number of amides is 3. The minimum atomic E-state index is -1.08. The van der Waals surface area contributed by atoms with Crippen LogP contribution in [-0.4, -0.2) is 132 Å². The molecule has 392 valence electrons. The lowest BCUT2D eigenvalue weighted by Gasteiger charge is -2.49. The number of aliphatic carboxylic acids is 1. The van der Waals surface area contributed by atoms with Gasteiger partial charge in [-0.05, 0) is 124 Å². The van der Waals surface area contributed by atoms with E-state index in [0.29, 0.717) is 77.5 Å². The first-order chi connectivity index (χ1) is 34.6. The second kappa shape index (κ2) is 25.8. The van der Waals surface area contributed by atoms with Crippen molar-refractivity contribution in [1.29, 1.82) is 0 Å². The van der Waals surface area contributed by atoms with Crippen LogP contribution in [0.3, 0.4) is 0 Å². The van der Waals surface area contributed by atoms with Crippen molar-refractivity contribution in [3.05, 3.63) is 141 Å². The molecule has 4 aromatic rings. The molecule has 0 saturated carbocycles. The zero-order chi connectivity index (χ0) is 52.9. The van der Waals surface area contributed by atoms with Gasteiger partial charge in [-0.2, -0.15) is 0 Å². The molecule has 4 aliphatic rings. The van der Waals surface area contributed by atoms with Crippen LogP contribution in [0.4, 0.5) is 29.7 Å². The molecule has 3 amide bonds. The lowest BCUT2D eigenvalue weighted by atomic mass is 10.0. The van der Waals surface area contributed by atoms with E-state index < -0.39 is 29.4 Å². The molecule has 4 saturated heterocycles. The average molecular weight is 1050 g/mol. The zero-order valence-electron chi connectivity index (χ0n) is 41.8. The fourth-order valence-electron chi connectivity index (χ4n) is 8.44. The van der Waals surface area contributed by atoms with Crippen LogP contribution >= 0.6 is 23.2 Å². The number of nitrogens with one attached hydrogen (secondary N) is 3. The standard InChI is InChI=1S/C27H31ClFN3O4.C14H16ClNO4.C13H17FN2O/c1-27(2,3)36-26(34)30-24-12-20(28)8-6-19(24)7-11-25(33)31-14-22-16-35-17-23(15-31)32(22)13-18-4-9-21(29)10-5-18;1-14(2,3)20-13(19)16-11-8-10(15)6-4-9(11)5-7-12(17)18;14-11-3-1-10(2-4-11)7-16-12-5-15-6-13(16)9-17-8-12/h4-12,22-23H,13-17H2,1-3H3,(H,30,34);4-8H,1-3H3,(H,16,19)(H,17,18);1-4,12-13,15H,5-9H2/b11-7+;7-5+;. The highest BCUT2D eigenvalue weighted by molar-refractivity contribution is 6.31. The molecule has 0 aliphatic carbocycles. The van der Waals surface area contributed by atoms with E-state index >= 15 is 0 Å². The molecular formula is C54H64Cl2F2N6O9. The average Bonchev–Trinajstić information content (AvgIpc) is 3.29. The maximum Gasteiger partial charge on any atom is 0.412 e. The summed E-state index contributed by atoms with van der Waals surface area (Å²) in [7, 11) is 0. The quantitative estimate of drug-likeness (QED) is 0.111. The fourth-order valence-corrected chi connectivity index (χ4v) is 8.79. The lowest BCUT2D eigenvalue weighted by molar-refractivity contribution is -0.141. The van der Waals surface area contributed by atoms with Crippen LogP contribution in [0.1, 0.15) is 63.8 Å². The summed E-state index contributed by atoms with van der Waals surface area (Å²) in [5.41, 5.74) is 2.92. The van der Waals surface area contributed by atoms with Crippen molar-refractivity contribution in [2.45, 2.75) is 90.0 Å². The molecule has 15 nitrogen and oxygen atoms in total. The number of rotatable bonds is 10. The molecule has 19 heteroatoms. The van der Waals surface area contributed by atoms with Gasteiger partial charge >= 0.3 is 18.2 Å². The van der Waals surface area contributed by atoms with Crippen molar-refractivity contribution >= 4 is 70.8 Å². The van der Waals surface area contributed by atoms with E-state index in [0.717, 1.165) is 44.5 Å². The number of carbonyl (C=O) groups is 4. The number of piperazine rings is 2. The molecule has 4 fully saturated rings. The van der Waals surface area contributed by atoms with Gasteiger partial charge in [-0.3, -0.25) is 25.2 Å². The molecule has 4 N–H and O–H groups in total. The summed E-state index contributed by atoms with van der Waals surface area (Å²) in [6.45, 7) is 17.8. The van der Waals surface area contributed by atoms with Crippen LogP contribution in [-0.2, 0) is 41.6 Å². The van der Waals surface area contributed by atoms with Gasteiger partial charge in [0.25, 0.3) is 0 Å². The largest absolute Gasteiger partial charge is 0.478 e. The van der Waals surface area contributed by atoms with Gasteiger partial charge in [0.15, 0.2) is 0 Å². The van der Waals surface area contributed by atoms with Crippen LogP contribution < -0.4 is 16.0 Å². The van der Waals surface area contributed by atoms with Crippen LogP contribution in [0.25, 0.3) is 12.2 Å². The molecular weight excluding hydrogens is 986 g/mol. The first-order valence-electron chi connectivity index (χ1n) is 23.9. The number of morpholine rings is 2. The second-order valence-electron chi connectivity index (χ2n) is 19.9. The highest BCUT2D eigenvalue weighted by Crippen LogP contribution is 2.28. The van der Waals surface area contributed by atoms with Gasteiger partial charge in [0.05, 0.1) is 49.9 Å². The number of carboxylic acid groups (broad SMARTS) is 1. The summed E-state index contributed by atoms with van der Waals surface area (Å²) in [5.74, 6) is -1.62. The SMILES string of the molecule is CC(C)(C)OC(=O)Nc1cc(Cl)ccc1/C=C/C(=O)N1CC2COCC(C1)N2Cc1ccc(F)cc1.CC(C)(C)OC(=O)Nc1cc(Cl)ccc1/C=C/C(=O)O.Fc1ccc(CN2C3CNCC2COC3)cc1. The number of halogens is 4. The number of fused-ring (bicyclic) bond motifs is 4. The molecule has 73 heavy (non-hydrogen) atoms. The topological polar surface area (TPSA) is 171 Å². The summed E-state index contributed by atoms with van der Waals surface area (Å²) in [6.07, 6.45) is 4.29. The van der Waals surface area contributed by atoms with Crippen molar-refractivity contribution in [3.8, 4) is 0 Å². The molecule has 4 atom stereocenters. The van der Waals surface area contributed by atoms with Crippen molar-refractivity contribution in [3.63, 3.8) is 0 Å². The minimum Gasteiger partial charge on any atom is -0.478 e. The van der Waals surface area contributed by atoms with Crippen molar-refractivity contribution < 1.29 is 52.0 Å². The molecule has 4 aromatic carbocycles. The van der Waals surface area contributed by atoms with Gasteiger partial charge < -0.3 is 34.3 Å². The predicted octanol–water partition coefficient (Wildman–Crippen LogP) is 9.73. The monoisotopic (exact) mass is 1050 g/mol. The molecule has 4 bridgehead atoms. The van der Waals surface area contributed by atoms with E-state index in [-0.39, 0.29) is 29.6 Å². The first kappa shape index (κ1) is 56.4. The van der Waals surface area contributed by atoms with E-state index in [1.807, 2.05) is 17.0 Å². The van der Waals surface area contributed by atoms with Gasteiger partial charge in [0.2, 0.25) is 5.91 Å². The van der Waals surface area contributed by atoms with Crippen molar-refractivity contribution in [2.75, 3.05) is 63.2 Å². The molecule has 4 unspecified atom stereocenters. The number of hydrogen-bond acceptors (Lipinski definition) is 11. The van der Waals surface area contributed by atoms with E-state index in [4.69, 9.17) is 47.3 Å². The Hall–Kier alpha value is -5.92. The number of hydrogen-bond donors (Lipinski definition) is 4. The summed E-state index contributed by atoms with van der Waals surface area (Å²) < 4.78 is 47.9. The second-order valence-corrected chi connectivity index (χ2v) is 20.8. The van der Waals surface area contributed by atoms with E-state index in [1.165, 1.54) is 48.0 Å². The number of ether oxygens (including phenoxy) is 4. The van der Waals surface area contributed by atoms with E-state index in [2.05, 4.69) is 25.8 Å². The van der Waals surface area contributed by atoms with Crippen LogP contribution in [0.15, 0.2) is 97.1 Å². The molecule has 0 aromatic heterocycles. The number of benzene rings is 4. The third-order valence-electron chi connectivity index (χ3n) is 11.7. The Morgan fingerprint density at radius 2 is 1.04 bits per heavy atom. The van der Waals surface area contributed by atoms with Gasteiger partial charge in [-0.15, -0.1) is 0 Å². The zero-order valence-corrected chi connectivity index (χ0v) is 43.4. The smallest absolute Gasteiger partial charge is 0.412 e. The highest BCUT2D eigenvalue weighted by atomic mass is 35.5. The first-order valence-corrected chi connectivity index (χ1v) is 24.7. The molecule has 4 aliphatic heterocycles. The Morgan fingerprint density at radius 1 is 0.644 bits per heavy atom. The van der Waals surface area contributed by atoms with Crippen molar-refractivity contribution in [2.24, 2.45) is 0 Å². The summed E-state index contributed by atoms with van der Waals surface area (Å²) in [6, 6.07) is 24.1. The summed E-state index contributed by atoms with van der Waals surface area (Å²) in [5, 5.41) is 18.2. The maximum atomic E-state index is 13.3. The third-order valence-corrected chi connectivity index (χ3v) is 12.2. The summed E-state index contributed by atoms with van der Waals surface area (Å²) in [4.78, 5) is 54.2. The molecule has 4 heterocycles.